The smallest absolute Gasteiger partial charge is 0.0543 e. The molecule has 0 saturated heterocycles. The van der Waals surface area contributed by atoms with E-state index in [9.17, 15) is 0 Å². The molecule has 0 radical (unpaired) electrons. The number of hydrogen-bond acceptors (Lipinski definition) is 1. The summed E-state index contributed by atoms with van der Waals surface area (Å²) < 4.78 is 0. The van der Waals surface area contributed by atoms with Crippen molar-refractivity contribution in [3.8, 4) is 22.3 Å². The number of anilines is 3. The van der Waals surface area contributed by atoms with Crippen molar-refractivity contribution in [2.45, 2.75) is 38.5 Å². The summed E-state index contributed by atoms with van der Waals surface area (Å²) in [4.78, 5) is 2.49. The molecule has 1 nitrogen and oxygen atoms in total. The average Bonchev–Trinajstić information content (AvgIpc) is 3.50. The second kappa shape index (κ2) is 9.94. The van der Waals surface area contributed by atoms with E-state index in [0.717, 1.165) is 11.4 Å². The fourth-order valence-corrected chi connectivity index (χ4v) is 9.00. The Balaban J connectivity index is 1.26. The average molecular weight is 628 g/mol. The van der Waals surface area contributed by atoms with Gasteiger partial charge in [-0.2, -0.15) is 0 Å². The van der Waals surface area contributed by atoms with E-state index in [1.807, 2.05) is 0 Å². The highest BCUT2D eigenvalue weighted by atomic mass is 15.1. The van der Waals surface area contributed by atoms with Gasteiger partial charge in [-0.1, -0.05) is 137 Å². The molecular formula is C48H37N. The first kappa shape index (κ1) is 28.4. The number of hydrogen-bond donors (Lipinski definition) is 0. The Kier molecular flexibility index (Phi) is 5.75. The van der Waals surface area contributed by atoms with Gasteiger partial charge in [0.15, 0.2) is 0 Å². The minimum atomic E-state index is -0.182. The summed E-state index contributed by atoms with van der Waals surface area (Å²) in [6, 6.07) is 56.7. The third-order valence-corrected chi connectivity index (χ3v) is 11.6. The fourth-order valence-electron chi connectivity index (χ4n) is 9.00. The van der Waals surface area contributed by atoms with E-state index in [4.69, 9.17) is 0 Å². The summed E-state index contributed by atoms with van der Waals surface area (Å²) in [6.07, 6.45) is 0. The fraction of sp³-hybridized carbons (Fsp3) is 0.125. The van der Waals surface area contributed by atoms with Crippen molar-refractivity contribution in [3.63, 3.8) is 0 Å². The minimum absolute atomic E-state index is 0.0490. The molecule has 0 spiro atoms. The molecule has 0 saturated carbocycles. The first-order valence-corrected chi connectivity index (χ1v) is 17.4. The molecule has 10 rings (SSSR count). The molecule has 0 aliphatic heterocycles. The predicted octanol–water partition coefficient (Wildman–Crippen LogP) is 13.2. The molecule has 8 aromatic rings. The van der Waals surface area contributed by atoms with Crippen molar-refractivity contribution in [2.75, 3.05) is 4.90 Å². The van der Waals surface area contributed by atoms with Gasteiger partial charge in [0.25, 0.3) is 0 Å². The first-order valence-electron chi connectivity index (χ1n) is 17.4. The Labute approximate surface area is 288 Å². The van der Waals surface area contributed by atoms with Gasteiger partial charge >= 0.3 is 0 Å². The molecule has 0 bridgehead atoms. The third-order valence-electron chi connectivity index (χ3n) is 11.6. The Morgan fingerprint density at radius 1 is 0.367 bits per heavy atom. The molecule has 49 heavy (non-hydrogen) atoms. The minimum Gasteiger partial charge on any atom is -0.310 e. The van der Waals surface area contributed by atoms with Gasteiger partial charge in [-0.15, -0.1) is 0 Å². The van der Waals surface area contributed by atoms with Crippen molar-refractivity contribution in [1.82, 2.24) is 0 Å². The molecule has 0 amide bonds. The largest absolute Gasteiger partial charge is 0.310 e. The van der Waals surface area contributed by atoms with Crippen molar-refractivity contribution >= 4 is 49.4 Å². The summed E-state index contributed by atoms with van der Waals surface area (Å²) in [5.74, 6) is 0. The number of fused-ring (bicyclic) bond motifs is 10. The van der Waals surface area contributed by atoms with Gasteiger partial charge in [-0.05, 0) is 114 Å². The molecule has 1 heteroatoms. The lowest BCUT2D eigenvalue weighted by Crippen LogP contribution is -2.18. The van der Waals surface area contributed by atoms with Crippen LogP contribution in [-0.4, -0.2) is 0 Å². The molecule has 2 aliphatic carbocycles. The molecule has 0 heterocycles. The van der Waals surface area contributed by atoms with Crippen LogP contribution in [0.5, 0.6) is 0 Å². The maximum Gasteiger partial charge on any atom is 0.0543 e. The molecule has 8 aromatic carbocycles. The molecule has 234 valence electrons. The van der Waals surface area contributed by atoms with Crippen LogP contribution in [-0.2, 0) is 10.8 Å². The molecule has 0 atom stereocenters. The second-order valence-corrected chi connectivity index (χ2v) is 15.0. The van der Waals surface area contributed by atoms with Crippen molar-refractivity contribution < 1.29 is 0 Å². The van der Waals surface area contributed by atoms with Gasteiger partial charge < -0.3 is 4.90 Å². The van der Waals surface area contributed by atoms with Crippen LogP contribution in [0.4, 0.5) is 17.1 Å². The molecule has 0 unspecified atom stereocenters. The van der Waals surface area contributed by atoms with Crippen LogP contribution >= 0.6 is 0 Å². The summed E-state index contributed by atoms with van der Waals surface area (Å²) in [7, 11) is 0. The molecule has 0 fully saturated rings. The van der Waals surface area contributed by atoms with Crippen LogP contribution in [0.3, 0.4) is 0 Å². The van der Waals surface area contributed by atoms with Crippen LogP contribution in [0.15, 0.2) is 152 Å². The monoisotopic (exact) mass is 627 g/mol. The molecule has 2 aliphatic rings. The summed E-state index contributed by atoms with van der Waals surface area (Å²) in [5, 5.41) is 7.54. The van der Waals surface area contributed by atoms with Crippen LogP contribution in [0.2, 0.25) is 0 Å². The van der Waals surface area contributed by atoms with E-state index in [2.05, 4.69) is 184 Å². The van der Waals surface area contributed by atoms with E-state index in [0.29, 0.717) is 0 Å². The third kappa shape index (κ3) is 3.93. The Morgan fingerprint density at radius 2 is 0.878 bits per heavy atom. The zero-order chi connectivity index (χ0) is 33.1. The lowest BCUT2D eigenvalue weighted by Gasteiger charge is -2.30. The predicted molar refractivity (Wildman–Crippen MR) is 209 cm³/mol. The topological polar surface area (TPSA) is 3.24 Å². The van der Waals surface area contributed by atoms with Crippen LogP contribution in [0.25, 0.3) is 54.6 Å². The van der Waals surface area contributed by atoms with E-state index < -0.39 is 0 Å². The zero-order valence-corrected chi connectivity index (χ0v) is 28.4. The maximum absolute atomic E-state index is 2.54. The SMILES string of the molecule is CC1(C)c2ccccc2-c2cc3c(cc21)-c1c(cc(N(c2ccc4ccccc4c2)c2ccc4ccccc4c2)c2ccccc12)C3(C)C. The summed E-state index contributed by atoms with van der Waals surface area (Å²) >= 11 is 0. The highest BCUT2D eigenvalue weighted by Gasteiger charge is 2.42. The number of nitrogens with zero attached hydrogens (tertiary/aromatic N) is 1. The van der Waals surface area contributed by atoms with Crippen molar-refractivity contribution in [1.29, 1.82) is 0 Å². The molecule has 0 aromatic heterocycles. The quantitative estimate of drug-likeness (QED) is 0.188. The van der Waals surface area contributed by atoms with Crippen LogP contribution < -0.4 is 4.90 Å². The van der Waals surface area contributed by atoms with Gasteiger partial charge in [0.1, 0.15) is 0 Å². The highest BCUT2D eigenvalue weighted by Crippen LogP contribution is 2.58. The van der Waals surface area contributed by atoms with Gasteiger partial charge in [0.05, 0.1) is 5.69 Å². The number of rotatable bonds is 3. The zero-order valence-electron chi connectivity index (χ0n) is 28.4. The number of benzene rings is 8. The van der Waals surface area contributed by atoms with Crippen LogP contribution in [0.1, 0.15) is 49.9 Å². The van der Waals surface area contributed by atoms with E-state index >= 15 is 0 Å². The summed E-state index contributed by atoms with van der Waals surface area (Å²) in [6.45, 7) is 9.62. The van der Waals surface area contributed by atoms with Crippen LogP contribution in [0, 0.1) is 0 Å². The Morgan fingerprint density at radius 3 is 1.55 bits per heavy atom. The van der Waals surface area contributed by atoms with Gasteiger partial charge in [-0.3, -0.25) is 0 Å². The Bertz CT molecular complexity index is 2590. The second-order valence-electron chi connectivity index (χ2n) is 15.0. The lowest BCUT2D eigenvalue weighted by atomic mass is 9.79. The standard InChI is InChI=1S/C48H37N/c1-47(2)41-20-12-11-17-36(41)39-27-43-40(28-42(39)47)46-38-19-10-9-18-37(38)45(29-44(46)48(43,3)4)49(34-23-21-30-13-5-7-15-32(30)25-34)35-24-22-31-14-6-8-16-33(31)26-35/h5-29H,1-4H3. The normalized spacial score (nSPS) is 14.9. The molecular weight excluding hydrogens is 591 g/mol. The maximum atomic E-state index is 2.54. The molecule has 0 N–H and O–H groups in total. The van der Waals surface area contributed by atoms with Crippen molar-refractivity contribution in [2.24, 2.45) is 0 Å². The lowest BCUT2D eigenvalue weighted by molar-refractivity contribution is 0.652. The van der Waals surface area contributed by atoms with E-state index in [1.54, 1.807) is 0 Å². The van der Waals surface area contributed by atoms with Gasteiger partial charge in [0, 0.05) is 27.6 Å². The first-order chi connectivity index (χ1) is 23.8. The van der Waals surface area contributed by atoms with Gasteiger partial charge in [-0.25, -0.2) is 0 Å². The van der Waals surface area contributed by atoms with Crippen molar-refractivity contribution in [3.05, 3.63) is 174 Å². The van der Waals surface area contributed by atoms with E-state index in [1.165, 1.54) is 82.5 Å². The highest BCUT2D eigenvalue weighted by molar-refractivity contribution is 6.11. The Hall–Kier alpha value is -5.66. The van der Waals surface area contributed by atoms with Gasteiger partial charge in [0.2, 0.25) is 0 Å². The van der Waals surface area contributed by atoms with E-state index in [-0.39, 0.29) is 10.8 Å². The summed E-state index contributed by atoms with van der Waals surface area (Å²) in [5.41, 5.74) is 14.5.